The molecule has 0 saturated carbocycles. The van der Waals surface area contributed by atoms with Crippen LogP contribution in [0, 0.1) is 5.82 Å². The molecular formula is C19H16FN3S. The predicted octanol–water partition coefficient (Wildman–Crippen LogP) is 4.14. The monoisotopic (exact) mass is 337 g/mol. The van der Waals surface area contributed by atoms with E-state index in [4.69, 9.17) is 10.7 Å². The number of halogens is 1. The molecule has 0 bridgehead atoms. The van der Waals surface area contributed by atoms with E-state index in [1.165, 1.54) is 12.1 Å². The summed E-state index contributed by atoms with van der Waals surface area (Å²) in [6.45, 7) is 0.770. The Hall–Kier alpha value is -2.50. The number of nitrogens with zero attached hydrogens (tertiary/aromatic N) is 2. The fraction of sp³-hybridized carbons (Fsp3) is 0.105. The van der Waals surface area contributed by atoms with Crippen molar-refractivity contribution < 1.29 is 4.39 Å². The molecule has 2 aromatic carbocycles. The van der Waals surface area contributed by atoms with Gasteiger partial charge in [0, 0.05) is 28.7 Å². The summed E-state index contributed by atoms with van der Waals surface area (Å²) < 4.78 is 13.1. The van der Waals surface area contributed by atoms with Crippen molar-refractivity contribution in [1.82, 2.24) is 4.98 Å². The van der Waals surface area contributed by atoms with Crippen molar-refractivity contribution in [3.05, 3.63) is 76.9 Å². The highest BCUT2D eigenvalue weighted by molar-refractivity contribution is 7.11. The molecule has 5 heteroatoms. The van der Waals surface area contributed by atoms with Gasteiger partial charge in [-0.15, -0.1) is 11.3 Å². The summed E-state index contributed by atoms with van der Waals surface area (Å²) >= 11 is 1.57. The number of rotatable bonds is 3. The van der Waals surface area contributed by atoms with Crippen LogP contribution in [0.5, 0.6) is 0 Å². The van der Waals surface area contributed by atoms with E-state index in [0.29, 0.717) is 0 Å². The zero-order chi connectivity index (χ0) is 16.5. The molecule has 1 atom stereocenters. The van der Waals surface area contributed by atoms with Gasteiger partial charge in [0.15, 0.2) is 0 Å². The quantitative estimate of drug-likeness (QED) is 0.781. The van der Waals surface area contributed by atoms with Gasteiger partial charge in [0.05, 0.1) is 5.69 Å². The molecule has 1 unspecified atom stereocenters. The van der Waals surface area contributed by atoms with E-state index in [1.54, 1.807) is 23.5 Å². The molecule has 0 aliphatic carbocycles. The Morgan fingerprint density at radius 2 is 1.83 bits per heavy atom. The van der Waals surface area contributed by atoms with E-state index in [-0.39, 0.29) is 12.0 Å². The topological polar surface area (TPSA) is 42.1 Å². The minimum Gasteiger partial charge on any atom is -0.348 e. The predicted molar refractivity (Wildman–Crippen MR) is 97.2 cm³/mol. The Balaban J connectivity index is 1.58. The van der Waals surface area contributed by atoms with Crippen molar-refractivity contribution in [3.8, 4) is 11.3 Å². The highest BCUT2D eigenvalue weighted by atomic mass is 32.1. The molecule has 1 aromatic heterocycles. The first-order chi connectivity index (χ1) is 11.7. The van der Waals surface area contributed by atoms with Crippen LogP contribution in [0.3, 0.4) is 0 Å². The normalized spacial score (nSPS) is 17.2. The fourth-order valence-corrected chi connectivity index (χ4v) is 3.76. The van der Waals surface area contributed by atoms with Crippen molar-refractivity contribution in [2.45, 2.75) is 6.17 Å². The van der Waals surface area contributed by atoms with Crippen molar-refractivity contribution >= 4 is 22.6 Å². The lowest BCUT2D eigenvalue weighted by Gasteiger charge is -2.25. The Bertz CT molecular complexity index is 871. The van der Waals surface area contributed by atoms with E-state index in [9.17, 15) is 4.39 Å². The highest BCUT2D eigenvalue weighted by Crippen LogP contribution is 2.33. The minimum absolute atomic E-state index is 0.209. The van der Waals surface area contributed by atoms with E-state index in [1.807, 2.05) is 23.6 Å². The Kier molecular flexibility index (Phi) is 3.88. The minimum atomic E-state index is -0.242. The van der Waals surface area contributed by atoms with Gasteiger partial charge in [0.1, 0.15) is 17.0 Å². The van der Waals surface area contributed by atoms with Crippen LogP contribution in [0.1, 0.15) is 5.01 Å². The lowest BCUT2D eigenvalue weighted by Crippen LogP contribution is -2.38. The van der Waals surface area contributed by atoms with Crippen LogP contribution >= 0.6 is 11.3 Å². The largest absolute Gasteiger partial charge is 0.348 e. The summed E-state index contributed by atoms with van der Waals surface area (Å²) in [6, 6.07) is 16.5. The zero-order valence-electron chi connectivity index (χ0n) is 12.9. The summed E-state index contributed by atoms with van der Waals surface area (Å²) in [4.78, 5) is 6.84. The van der Waals surface area contributed by atoms with Gasteiger partial charge < -0.3 is 10.6 Å². The second-order valence-electron chi connectivity index (χ2n) is 5.64. The van der Waals surface area contributed by atoms with E-state index >= 15 is 0 Å². The van der Waals surface area contributed by atoms with Gasteiger partial charge in [-0.2, -0.15) is 0 Å². The first-order valence-corrected chi connectivity index (χ1v) is 8.59. The van der Waals surface area contributed by atoms with Crippen LogP contribution in [-0.2, 0) is 0 Å². The van der Waals surface area contributed by atoms with Crippen LogP contribution in [-0.4, -0.2) is 17.7 Å². The Labute approximate surface area is 143 Å². The SMILES string of the molecule is NC1C(c2nc(-c3ccc(F)cc3)cs2)=CCN1c1ccccc1. The number of nitrogens with two attached hydrogens (primary N) is 1. The molecule has 120 valence electrons. The number of anilines is 1. The number of thiazole rings is 1. The van der Waals surface area contributed by atoms with Crippen molar-refractivity contribution in [3.63, 3.8) is 0 Å². The Morgan fingerprint density at radius 1 is 1.08 bits per heavy atom. The Morgan fingerprint density at radius 3 is 2.58 bits per heavy atom. The third-order valence-electron chi connectivity index (χ3n) is 4.14. The molecule has 3 aromatic rings. The van der Waals surface area contributed by atoms with Gasteiger partial charge in [-0.3, -0.25) is 0 Å². The number of hydrogen-bond acceptors (Lipinski definition) is 4. The van der Waals surface area contributed by atoms with E-state index in [0.717, 1.165) is 34.1 Å². The average molecular weight is 337 g/mol. The maximum Gasteiger partial charge on any atom is 0.123 e. The zero-order valence-corrected chi connectivity index (χ0v) is 13.7. The van der Waals surface area contributed by atoms with E-state index < -0.39 is 0 Å². The smallest absolute Gasteiger partial charge is 0.123 e. The standard InChI is InChI=1S/C19H16FN3S/c20-14-8-6-13(7-9-14)17-12-24-19(22-17)16-10-11-23(18(16)21)15-4-2-1-3-5-15/h1-10,12,18H,11,21H2. The van der Waals surface area contributed by atoms with Crippen molar-refractivity contribution in [2.24, 2.45) is 5.73 Å². The molecule has 4 rings (SSSR count). The van der Waals surface area contributed by atoms with Crippen LogP contribution in [0.2, 0.25) is 0 Å². The molecule has 0 spiro atoms. The van der Waals surface area contributed by atoms with Gasteiger partial charge >= 0.3 is 0 Å². The number of benzene rings is 2. The van der Waals surface area contributed by atoms with E-state index in [2.05, 4.69) is 23.1 Å². The molecule has 1 aliphatic rings. The molecular weight excluding hydrogens is 321 g/mol. The number of aromatic nitrogens is 1. The average Bonchev–Trinajstić information content (AvgIpc) is 3.23. The summed E-state index contributed by atoms with van der Waals surface area (Å²) in [5.41, 5.74) is 10.3. The second kappa shape index (κ2) is 6.19. The molecule has 24 heavy (non-hydrogen) atoms. The molecule has 0 radical (unpaired) electrons. The molecule has 0 saturated heterocycles. The van der Waals surface area contributed by atoms with Crippen LogP contribution in [0.25, 0.3) is 16.8 Å². The summed E-state index contributed by atoms with van der Waals surface area (Å²) in [6.07, 6.45) is 1.92. The van der Waals surface area contributed by atoms with Gasteiger partial charge in [0.25, 0.3) is 0 Å². The fourth-order valence-electron chi connectivity index (χ4n) is 2.86. The van der Waals surface area contributed by atoms with Gasteiger partial charge in [-0.1, -0.05) is 24.3 Å². The van der Waals surface area contributed by atoms with Gasteiger partial charge in [-0.25, -0.2) is 9.37 Å². The summed E-state index contributed by atoms with van der Waals surface area (Å²) in [5, 5.41) is 2.90. The highest BCUT2D eigenvalue weighted by Gasteiger charge is 2.27. The van der Waals surface area contributed by atoms with Crippen LogP contribution in [0.15, 0.2) is 66.1 Å². The maximum absolute atomic E-state index is 13.1. The third kappa shape index (κ3) is 2.72. The first kappa shape index (κ1) is 15.1. The molecule has 0 amide bonds. The second-order valence-corrected chi connectivity index (χ2v) is 6.50. The maximum atomic E-state index is 13.1. The van der Waals surface area contributed by atoms with Crippen LogP contribution in [0.4, 0.5) is 10.1 Å². The summed E-state index contributed by atoms with van der Waals surface area (Å²) in [5.74, 6) is -0.242. The lowest BCUT2D eigenvalue weighted by molar-refractivity contribution is 0.628. The van der Waals surface area contributed by atoms with Gasteiger partial charge in [0.2, 0.25) is 0 Å². The summed E-state index contributed by atoms with van der Waals surface area (Å²) in [7, 11) is 0. The number of para-hydroxylation sites is 1. The van der Waals surface area contributed by atoms with Crippen molar-refractivity contribution in [1.29, 1.82) is 0 Å². The molecule has 2 heterocycles. The molecule has 2 N–H and O–H groups in total. The van der Waals surface area contributed by atoms with Crippen LogP contribution < -0.4 is 10.6 Å². The lowest BCUT2D eigenvalue weighted by atomic mass is 10.2. The first-order valence-electron chi connectivity index (χ1n) is 7.71. The molecule has 3 nitrogen and oxygen atoms in total. The number of hydrogen-bond donors (Lipinski definition) is 1. The van der Waals surface area contributed by atoms with Gasteiger partial charge in [-0.05, 0) is 36.4 Å². The molecule has 1 aliphatic heterocycles. The van der Waals surface area contributed by atoms with Crippen molar-refractivity contribution in [2.75, 3.05) is 11.4 Å². The third-order valence-corrected chi connectivity index (χ3v) is 5.03. The molecule has 0 fully saturated rings.